The largest absolute Gasteiger partial charge is 0.359 e. The molecule has 3 aliphatic rings. The van der Waals surface area contributed by atoms with Crippen LogP contribution in [0.2, 0.25) is 0 Å². The molecule has 0 aromatic carbocycles. The first-order valence-corrected chi connectivity index (χ1v) is 11.4. The first kappa shape index (κ1) is 20.1. The summed E-state index contributed by atoms with van der Waals surface area (Å²) in [6, 6.07) is 0. The van der Waals surface area contributed by atoms with Crippen molar-refractivity contribution in [3.63, 3.8) is 0 Å². The van der Waals surface area contributed by atoms with E-state index in [-0.39, 0.29) is 5.91 Å². The van der Waals surface area contributed by atoms with Crippen molar-refractivity contribution < 1.29 is 4.79 Å². The monoisotopic (exact) mass is 419 g/mol. The Hall–Kier alpha value is -2.87. The number of hydrogen-bond acceptors (Lipinski definition) is 6. The summed E-state index contributed by atoms with van der Waals surface area (Å²) < 4.78 is 0. The molecule has 8 heteroatoms. The van der Waals surface area contributed by atoms with Gasteiger partial charge in [-0.2, -0.15) is 10.2 Å². The number of aromatic amines is 1. The van der Waals surface area contributed by atoms with Gasteiger partial charge in [-0.1, -0.05) is 0 Å². The number of amides is 1. The molecule has 0 unspecified atom stereocenters. The molecule has 0 radical (unpaired) electrons. The molecule has 1 amide bonds. The maximum atomic E-state index is 12.5. The number of likely N-dealkylation sites (tertiary alicyclic amines) is 1. The number of nitrogens with one attached hydrogen (secondary N) is 2. The summed E-state index contributed by atoms with van der Waals surface area (Å²) in [5, 5.41) is 12.0. The molecular weight excluding hydrogens is 390 g/mol. The number of aromatic nitrogens is 4. The van der Waals surface area contributed by atoms with Crippen LogP contribution in [0, 0.1) is 6.92 Å². The van der Waals surface area contributed by atoms with Gasteiger partial charge in [-0.15, -0.1) is 5.10 Å². The number of H-pyrrole nitrogens is 1. The van der Waals surface area contributed by atoms with Crippen molar-refractivity contribution in [3.8, 4) is 0 Å². The topological polar surface area (TPSA) is 99.2 Å². The van der Waals surface area contributed by atoms with Gasteiger partial charge < -0.3 is 9.88 Å². The Morgan fingerprint density at radius 1 is 1.19 bits per heavy atom. The van der Waals surface area contributed by atoms with E-state index < -0.39 is 0 Å². The molecule has 0 bridgehead atoms. The molecule has 162 valence electrons. The molecule has 0 spiro atoms. The van der Waals surface area contributed by atoms with Crippen LogP contribution in [-0.2, 0) is 11.2 Å². The highest BCUT2D eigenvalue weighted by Gasteiger charge is 2.32. The van der Waals surface area contributed by atoms with E-state index in [0.29, 0.717) is 23.0 Å². The first-order chi connectivity index (χ1) is 15.2. The van der Waals surface area contributed by atoms with Gasteiger partial charge in [0.1, 0.15) is 5.71 Å². The Morgan fingerprint density at radius 2 is 2.03 bits per heavy atom. The van der Waals surface area contributed by atoms with Crippen LogP contribution in [0.4, 0.5) is 0 Å². The highest BCUT2D eigenvalue weighted by atomic mass is 16.2. The molecule has 0 atom stereocenters. The molecule has 31 heavy (non-hydrogen) atoms. The van der Waals surface area contributed by atoms with Crippen molar-refractivity contribution in [3.05, 3.63) is 46.3 Å². The second kappa shape index (κ2) is 8.70. The van der Waals surface area contributed by atoms with Crippen LogP contribution in [0.5, 0.6) is 0 Å². The number of unbranched alkanes of at least 4 members (excludes halogenated alkanes) is 1. The highest BCUT2D eigenvalue weighted by Crippen LogP contribution is 2.45. The first-order valence-electron chi connectivity index (χ1n) is 11.4. The van der Waals surface area contributed by atoms with Crippen LogP contribution >= 0.6 is 0 Å². The quantitative estimate of drug-likeness (QED) is 0.506. The standard InChI is InChI=1S/C23H29N7O/c1-15-17(6-2-3-11-30-12-4-5-13-30)20(16-7-8-16)19(26-15)14-18-21(27-29-23(18)31)22-24-9-10-25-28-22/h9-10,14,16,26H,2-8,11-13H2,1H3,(H,29,31). The number of hydrazone groups is 1. The van der Waals surface area contributed by atoms with E-state index in [4.69, 9.17) is 0 Å². The van der Waals surface area contributed by atoms with Crippen molar-refractivity contribution in [2.75, 3.05) is 19.6 Å². The SMILES string of the molecule is Cc1[nH]c(C=C2C(=O)NN=C2c2nccnn2)c(C2CC2)c1CCCCN1CCCC1. The molecule has 2 fully saturated rings. The second-order valence-electron chi connectivity index (χ2n) is 8.76. The highest BCUT2D eigenvalue weighted by molar-refractivity contribution is 6.32. The molecule has 5 rings (SSSR count). The van der Waals surface area contributed by atoms with Crippen LogP contribution in [-0.4, -0.2) is 56.3 Å². The average Bonchev–Trinajstić information content (AvgIpc) is 3.21. The lowest BCUT2D eigenvalue weighted by atomic mass is 9.97. The third-order valence-corrected chi connectivity index (χ3v) is 6.48. The Kier molecular flexibility index (Phi) is 5.63. The summed E-state index contributed by atoms with van der Waals surface area (Å²) in [7, 11) is 0. The van der Waals surface area contributed by atoms with Crippen molar-refractivity contribution in [1.82, 2.24) is 30.5 Å². The lowest BCUT2D eigenvalue weighted by Gasteiger charge is -2.14. The third-order valence-electron chi connectivity index (χ3n) is 6.48. The Labute approximate surface area is 182 Å². The molecule has 8 nitrogen and oxygen atoms in total. The van der Waals surface area contributed by atoms with Crippen molar-refractivity contribution in [2.24, 2.45) is 5.10 Å². The zero-order chi connectivity index (χ0) is 21.2. The normalized spacial score (nSPS) is 20.5. The summed E-state index contributed by atoms with van der Waals surface area (Å²) in [4.78, 5) is 22.9. The molecule has 1 saturated carbocycles. The van der Waals surface area contributed by atoms with Crippen LogP contribution in [0.25, 0.3) is 6.08 Å². The van der Waals surface area contributed by atoms with Gasteiger partial charge >= 0.3 is 0 Å². The smallest absolute Gasteiger partial charge is 0.273 e. The fraction of sp³-hybridized carbons (Fsp3) is 0.522. The van der Waals surface area contributed by atoms with Crippen LogP contribution in [0.3, 0.4) is 0 Å². The molecule has 2 aromatic heterocycles. The van der Waals surface area contributed by atoms with Gasteiger partial charge in [0, 0.05) is 17.6 Å². The number of hydrogen-bond donors (Lipinski definition) is 2. The van der Waals surface area contributed by atoms with Gasteiger partial charge in [-0.05, 0) is 94.6 Å². The van der Waals surface area contributed by atoms with Crippen molar-refractivity contribution in [2.45, 2.75) is 57.8 Å². The molecule has 4 heterocycles. The van der Waals surface area contributed by atoms with Gasteiger partial charge in [-0.25, -0.2) is 10.4 Å². The lowest BCUT2D eigenvalue weighted by molar-refractivity contribution is -0.116. The zero-order valence-electron chi connectivity index (χ0n) is 18.0. The van der Waals surface area contributed by atoms with Crippen LogP contribution in [0.1, 0.15) is 72.8 Å². The summed E-state index contributed by atoms with van der Waals surface area (Å²) in [6.07, 6.45) is 13.6. The predicted octanol–water partition coefficient (Wildman–Crippen LogP) is 2.72. The summed E-state index contributed by atoms with van der Waals surface area (Å²) in [6.45, 7) is 5.89. The number of carbonyl (C=O) groups excluding carboxylic acids is 1. The average molecular weight is 420 g/mol. The minimum absolute atomic E-state index is 0.233. The molecule has 2 aliphatic heterocycles. The van der Waals surface area contributed by atoms with E-state index in [2.05, 4.69) is 42.5 Å². The van der Waals surface area contributed by atoms with Crippen molar-refractivity contribution >= 4 is 17.7 Å². The molecule has 1 aliphatic carbocycles. The molecular formula is C23H29N7O. The van der Waals surface area contributed by atoms with Crippen molar-refractivity contribution in [1.29, 1.82) is 0 Å². The van der Waals surface area contributed by atoms with E-state index in [9.17, 15) is 4.79 Å². The fourth-order valence-electron chi connectivity index (χ4n) is 4.77. The molecule has 1 saturated heterocycles. The van der Waals surface area contributed by atoms with Gasteiger partial charge in [0.15, 0.2) is 0 Å². The summed E-state index contributed by atoms with van der Waals surface area (Å²) in [5.41, 5.74) is 8.53. The Balaban J connectivity index is 1.37. The molecule has 2 aromatic rings. The van der Waals surface area contributed by atoms with Gasteiger partial charge in [0.25, 0.3) is 5.91 Å². The van der Waals surface area contributed by atoms with Gasteiger partial charge in [0.2, 0.25) is 5.82 Å². The van der Waals surface area contributed by atoms with Crippen LogP contribution in [0.15, 0.2) is 23.1 Å². The summed E-state index contributed by atoms with van der Waals surface area (Å²) >= 11 is 0. The van der Waals surface area contributed by atoms with E-state index in [1.165, 1.54) is 81.2 Å². The van der Waals surface area contributed by atoms with E-state index in [1.54, 1.807) is 6.20 Å². The predicted molar refractivity (Wildman–Crippen MR) is 119 cm³/mol. The minimum Gasteiger partial charge on any atom is -0.359 e. The van der Waals surface area contributed by atoms with E-state index >= 15 is 0 Å². The summed E-state index contributed by atoms with van der Waals surface area (Å²) in [5.74, 6) is 0.707. The molecule has 2 N–H and O–H groups in total. The number of carbonyl (C=O) groups is 1. The Bertz CT molecular complexity index is 1010. The lowest BCUT2D eigenvalue weighted by Crippen LogP contribution is -2.20. The minimum atomic E-state index is -0.233. The zero-order valence-corrected chi connectivity index (χ0v) is 18.0. The van der Waals surface area contributed by atoms with Gasteiger partial charge in [-0.3, -0.25) is 4.79 Å². The second-order valence-corrected chi connectivity index (χ2v) is 8.76. The van der Waals surface area contributed by atoms with Gasteiger partial charge in [0.05, 0.1) is 11.8 Å². The number of aryl methyl sites for hydroxylation is 1. The third kappa shape index (κ3) is 4.30. The van der Waals surface area contributed by atoms with E-state index in [0.717, 1.165) is 12.1 Å². The fourth-order valence-corrected chi connectivity index (χ4v) is 4.77. The maximum absolute atomic E-state index is 12.5. The number of nitrogens with zero attached hydrogens (tertiary/aromatic N) is 5. The van der Waals surface area contributed by atoms with E-state index in [1.807, 2.05) is 6.08 Å². The number of rotatable bonds is 8. The maximum Gasteiger partial charge on any atom is 0.273 e. The Morgan fingerprint density at radius 3 is 2.77 bits per heavy atom. The van der Waals surface area contributed by atoms with Crippen LogP contribution < -0.4 is 5.43 Å².